The van der Waals surface area contributed by atoms with Gasteiger partial charge in [0, 0.05) is 37.5 Å². The van der Waals surface area contributed by atoms with E-state index in [1.54, 1.807) is 6.08 Å². The normalized spacial score (nSPS) is 14.6. The maximum Gasteiger partial charge on any atom is 0.246 e. The highest BCUT2D eigenvalue weighted by Gasteiger charge is 2.19. The molecule has 0 saturated carbocycles. The monoisotopic (exact) mass is 252 g/mol. The summed E-state index contributed by atoms with van der Waals surface area (Å²) in [6.45, 7) is 1.49. The standard InChI is InChI=1S/C16H16N2O/c19-16(7-6-13-4-2-1-3-5-13)18-11-9-15-14(12-18)8-10-17-15/h1-8,10,17H,9,11-12H2/b7-6+. The molecule has 0 unspecified atom stereocenters. The molecule has 1 aromatic heterocycles. The maximum atomic E-state index is 12.1. The highest BCUT2D eigenvalue weighted by Crippen LogP contribution is 2.17. The van der Waals surface area contributed by atoms with Gasteiger partial charge in [-0.1, -0.05) is 30.3 Å². The predicted molar refractivity (Wildman–Crippen MR) is 75.4 cm³/mol. The van der Waals surface area contributed by atoms with Gasteiger partial charge in [-0.3, -0.25) is 4.79 Å². The van der Waals surface area contributed by atoms with Crippen molar-refractivity contribution in [3.05, 3.63) is 65.5 Å². The van der Waals surface area contributed by atoms with Crippen LogP contribution in [0.4, 0.5) is 0 Å². The number of fused-ring (bicyclic) bond motifs is 1. The molecule has 0 saturated heterocycles. The van der Waals surface area contributed by atoms with Gasteiger partial charge in [0.25, 0.3) is 0 Å². The number of benzene rings is 1. The van der Waals surface area contributed by atoms with Gasteiger partial charge >= 0.3 is 0 Å². The molecule has 19 heavy (non-hydrogen) atoms. The maximum absolute atomic E-state index is 12.1. The number of carbonyl (C=O) groups excluding carboxylic acids is 1. The van der Waals surface area contributed by atoms with Gasteiger partial charge < -0.3 is 9.88 Å². The minimum atomic E-state index is 0.0794. The van der Waals surface area contributed by atoms with Gasteiger partial charge in [0.1, 0.15) is 0 Å². The Labute approximate surface area is 112 Å². The Hall–Kier alpha value is -2.29. The van der Waals surface area contributed by atoms with Gasteiger partial charge in [0.2, 0.25) is 5.91 Å². The first-order valence-electron chi connectivity index (χ1n) is 6.50. The first-order valence-corrected chi connectivity index (χ1v) is 6.50. The van der Waals surface area contributed by atoms with Crippen LogP contribution >= 0.6 is 0 Å². The minimum absolute atomic E-state index is 0.0794. The lowest BCUT2D eigenvalue weighted by molar-refractivity contribution is -0.126. The molecule has 2 aromatic rings. The topological polar surface area (TPSA) is 36.1 Å². The number of nitrogens with zero attached hydrogens (tertiary/aromatic N) is 1. The average molecular weight is 252 g/mol. The van der Waals surface area contributed by atoms with E-state index >= 15 is 0 Å². The van der Waals surface area contributed by atoms with Gasteiger partial charge in [0.05, 0.1) is 0 Å². The number of nitrogens with one attached hydrogen (secondary N) is 1. The number of aromatic amines is 1. The first kappa shape index (κ1) is 11.8. The average Bonchev–Trinajstić information content (AvgIpc) is 2.93. The Morgan fingerprint density at radius 1 is 1.21 bits per heavy atom. The fourth-order valence-corrected chi connectivity index (χ4v) is 2.37. The van der Waals surface area contributed by atoms with Crippen LogP contribution in [0.5, 0.6) is 0 Å². The lowest BCUT2D eigenvalue weighted by Crippen LogP contribution is -2.34. The van der Waals surface area contributed by atoms with Crippen molar-refractivity contribution in [3.8, 4) is 0 Å². The van der Waals surface area contributed by atoms with E-state index < -0.39 is 0 Å². The van der Waals surface area contributed by atoms with Crippen LogP contribution in [0.15, 0.2) is 48.7 Å². The molecule has 3 rings (SSSR count). The van der Waals surface area contributed by atoms with E-state index in [-0.39, 0.29) is 5.91 Å². The van der Waals surface area contributed by atoms with Crippen LogP contribution in [0.3, 0.4) is 0 Å². The second-order valence-electron chi connectivity index (χ2n) is 4.74. The summed E-state index contributed by atoms with van der Waals surface area (Å²) < 4.78 is 0. The quantitative estimate of drug-likeness (QED) is 0.819. The van der Waals surface area contributed by atoms with Crippen molar-refractivity contribution in [2.24, 2.45) is 0 Å². The second-order valence-corrected chi connectivity index (χ2v) is 4.74. The Morgan fingerprint density at radius 3 is 2.89 bits per heavy atom. The molecule has 2 heterocycles. The molecule has 0 spiro atoms. The van der Waals surface area contributed by atoms with Crippen LogP contribution in [0.25, 0.3) is 6.08 Å². The fraction of sp³-hybridized carbons (Fsp3) is 0.188. The lowest BCUT2D eigenvalue weighted by atomic mass is 10.1. The Balaban J connectivity index is 1.67. The van der Waals surface area contributed by atoms with Crippen molar-refractivity contribution in [1.82, 2.24) is 9.88 Å². The fourth-order valence-electron chi connectivity index (χ4n) is 2.37. The minimum Gasteiger partial charge on any atom is -0.365 e. The molecule has 1 amide bonds. The van der Waals surface area contributed by atoms with Gasteiger partial charge in [-0.25, -0.2) is 0 Å². The van der Waals surface area contributed by atoms with E-state index in [0.29, 0.717) is 6.54 Å². The van der Waals surface area contributed by atoms with Crippen LogP contribution in [0, 0.1) is 0 Å². The van der Waals surface area contributed by atoms with E-state index in [4.69, 9.17) is 0 Å². The summed E-state index contributed by atoms with van der Waals surface area (Å²) in [5.74, 6) is 0.0794. The smallest absolute Gasteiger partial charge is 0.246 e. The summed E-state index contributed by atoms with van der Waals surface area (Å²) >= 11 is 0. The van der Waals surface area contributed by atoms with Gasteiger partial charge in [0.15, 0.2) is 0 Å². The Kier molecular flexibility index (Phi) is 3.19. The molecule has 1 aliphatic rings. The van der Waals surface area contributed by atoms with E-state index in [1.165, 1.54) is 11.3 Å². The third kappa shape index (κ3) is 2.60. The summed E-state index contributed by atoms with van der Waals surface area (Å²) in [6, 6.07) is 11.9. The van der Waals surface area contributed by atoms with Crippen LogP contribution in [-0.4, -0.2) is 22.3 Å². The highest BCUT2D eigenvalue weighted by atomic mass is 16.2. The predicted octanol–water partition coefficient (Wildman–Crippen LogP) is 2.61. The summed E-state index contributed by atoms with van der Waals surface area (Å²) in [5.41, 5.74) is 3.54. The summed E-state index contributed by atoms with van der Waals surface area (Å²) in [6.07, 6.45) is 6.38. The van der Waals surface area contributed by atoms with E-state index in [2.05, 4.69) is 11.1 Å². The summed E-state index contributed by atoms with van der Waals surface area (Å²) in [4.78, 5) is 17.2. The zero-order valence-electron chi connectivity index (χ0n) is 10.7. The van der Waals surface area contributed by atoms with E-state index in [9.17, 15) is 4.79 Å². The van der Waals surface area contributed by atoms with Crippen molar-refractivity contribution in [1.29, 1.82) is 0 Å². The van der Waals surface area contributed by atoms with Crippen LogP contribution < -0.4 is 0 Å². The van der Waals surface area contributed by atoms with Gasteiger partial charge in [-0.2, -0.15) is 0 Å². The molecule has 1 aromatic carbocycles. The van der Waals surface area contributed by atoms with Gasteiger partial charge in [-0.15, -0.1) is 0 Å². The van der Waals surface area contributed by atoms with Crippen molar-refractivity contribution >= 4 is 12.0 Å². The van der Waals surface area contributed by atoms with Crippen LogP contribution in [-0.2, 0) is 17.8 Å². The third-order valence-corrected chi connectivity index (χ3v) is 3.45. The number of carbonyl (C=O) groups is 1. The molecule has 0 radical (unpaired) electrons. The molecular weight excluding hydrogens is 236 g/mol. The number of amides is 1. The molecule has 3 nitrogen and oxygen atoms in total. The summed E-state index contributed by atoms with van der Waals surface area (Å²) in [7, 11) is 0. The lowest BCUT2D eigenvalue weighted by Gasteiger charge is -2.25. The second kappa shape index (κ2) is 5.14. The number of rotatable bonds is 2. The molecule has 0 bridgehead atoms. The molecule has 0 atom stereocenters. The first-order chi connectivity index (χ1) is 9.33. The Morgan fingerprint density at radius 2 is 2.05 bits per heavy atom. The molecule has 3 heteroatoms. The van der Waals surface area contributed by atoms with Crippen molar-refractivity contribution in [2.75, 3.05) is 6.54 Å². The van der Waals surface area contributed by atoms with E-state index in [0.717, 1.165) is 18.5 Å². The largest absolute Gasteiger partial charge is 0.365 e. The molecule has 96 valence electrons. The molecule has 0 fully saturated rings. The number of aromatic nitrogens is 1. The van der Waals surface area contributed by atoms with Crippen molar-refractivity contribution in [2.45, 2.75) is 13.0 Å². The van der Waals surface area contributed by atoms with Crippen molar-refractivity contribution in [3.63, 3.8) is 0 Å². The third-order valence-electron chi connectivity index (χ3n) is 3.45. The number of H-pyrrole nitrogens is 1. The molecule has 0 aliphatic carbocycles. The number of hydrogen-bond donors (Lipinski definition) is 1. The molecular formula is C16H16N2O. The molecule has 1 aliphatic heterocycles. The SMILES string of the molecule is O=C(/C=C/c1ccccc1)N1CCc2[nH]ccc2C1. The zero-order chi connectivity index (χ0) is 13.1. The zero-order valence-corrected chi connectivity index (χ0v) is 10.7. The van der Waals surface area contributed by atoms with E-state index in [1.807, 2.05) is 47.5 Å². The van der Waals surface area contributed by atoms with Crippen LogP contribution in [0.2, 0.25) is 0 Å². The summed E-state index contributed by atoms with van der Waals surface area (Å²) in [5, 5.41) is 0. The Bertz CT molecular complexity index is 598. The van der Waals surface area contributed by atoms with Crippen LogP contribution in [0.1, 0.15) is 16.8 Å². The van der Waals surface area contributed by atoms with Crippen molar-refractivity contribution < 1.29 is 4.79 Å². The highest BCUT2D eigenvalue weighted by molar-refractivity contribution is 5.91. The van der Waals surface area contributed by atoms with Gasteiger partial charge in [-0.05, 0) is 23.3 Å². The number of hydrogen-bond acceptors (Lipinski definition) is 1. The molecule has 1 N–H and O–H groups in total.